The van der Waals surface area contributed by atoms with E-state index in [0.29, 0.717) is 11.3 Å². The molecule has 0 saturated heterocycles. The molecule has 0 heterocycles. The number of benzene rings is 2. The topological polar surface area (TPSA) is 35.2 Å². The number of hydrogen-bond acceptors (Lipinski definition) is 2. The lowest BCUT2D eigenvalue weighted by Crippen LogP contribution is -2.14. The molecule has 94 valence electrons. The van der Waals surface area contributed by atoms with E-state index in [9.17, 15) is 4.39 Å². The fraction of sp³-hybridized carbons (Fsp3) is 0.200. The molecule has 0 aliphatic rings. The Bertz CT molecular complexity index is 554. The number of hydrogen-bond donors (Lipinski definition) is 1. The second-order valence-electron chi connectivity index (χ2n) is 4.24. The van der Waals surface area contributed by atoms with E-state index in [2.05, 4.69) is 0 Å². The smallest absolute Gasteiger partial charge is 0.128 e. The van der Waals surface area contributed by atoms with Crippen LogP contribution < -0.4 is 10.5 Å². The minimum absolute atomic E-state index is 0.298. The van der Waals surface area contributed by atoms with Crippen molar-refractivity contribution in [3.8, 4) is 5.75 Å². The van der Waals surface area contributed by atoms with E-state index in [0.717, 1.165) is 11.1 Å². The molecule has 0 aliphatic heterocycles. The van der Waals surface area contributed by atoms with Gasteiger partial charge < -0.3 is 10.5 Å². The van der Waals surface area contributed by atoms with Gasteiger partial charge in [-0.25, -0.2) is 4.39 Å². The van der Waals surface area contributed by atoms with Crippen LogP contribution >= 0.6 is 0 Å². The molecule has 1 unspecified atom stereocenters. The zero-order chi connectivity index (χ0) is 13.1. The van der Waals surface area contributed by atoms with Gasteiger partial charge in [0.05, 0.1) is 13.2 Å². The summed E-state index contributed by atoms with van der Waals surface area (Å²) in [5.41, 5.74) is 8.48. The molecule has 0 aliphatic carbocycles. The molecule has 1 atom stereocenters. The standard InChI is InChI=1S/C15H16FNO/c1-10-7-8-14(18-2)12(9-10)15(17)11-5-3-4-6-13(11)16/h3-9,15H,17H2,1-2H3. The van der Waals surface area contributed by atoms with Gasteiger partial charge in [-0.3, -0.25) is 0 Å². The highest BCUT2D eigenvalue weighted by Crippen LogP contribution is 2.30. The molecule has 2 nitrogen and oxygen atoms in total. The van der Waals surface area contributed by atoms with Crippen molar-refractivity contribution in [1.82, 2.24) is 0 Å². The fourth-order valence-corrected chi connectivity index (χ4v) is 1.99. The largest absolute Gasteiger partial charge is 0.496 e. The molecule has 0 saturated carbocycles. The highest BCUT2D eigenvalue weighted by molar-refractivity contribution is 5.43. The molecule has 18 heavy (non-hydrogen) atoms. The van der Waals surface area contributed by atoms with Gasteiger partial charge in [-0.1, -0.05) is 35.9 Å². The number of nitrogens with two attached hydrogens (primary N) is 1. The third-order valence-corrected chi connectivity index (χ3v) is 2.96. The van der Waals surface area contributed by atoms with Crippen molar-refractivity contribution >= 4 is 0 Å². The van der Waals surface area contributed by atoms with Crippen LogP contribution in [0, 0.1) is 12.7 Å². The monoisotopic (exact) mass is 245 g/mol. The van der Waals surface area contributed by atoms with Crippen molar-refractivity contribution in [2.45, 2.75) is 13.0 Å². The summed E-state index contributed by atoms with van der Waals surface area (Å²) in [6.07, 6.45) is 0. The van der Waals surface area contributed by atoms with Gasteiger partial charge in [0.2, 0.25) is 0 Å². The number of methoxy groups -OCH3 is 1. The van der Waals surface area contributed by atoms with E-state index >= 15 is 0 Å². The first-order chi connectivity index (χ1) is 8.63. The maximum Gasteiger partial charge on any atom is 0.128 e. The Labute approximate surface area is 106 Å². The van der Waals surface area contributed by atoms with Crippen LogP contribution in [0.4, 0.5) is 4.39 Å². The molecular formula is C15H16FNO. The lowest BCUT2D eigenvalue weighted by molar-refractivity contribution is 0.407. The van der Waals surface area contributed by atoms with Crippen LogP contribution in [0.5, 0.6) is 5.75 Å². The first-order valence-corrected chi connectivity index (χ1v) is 5.78. The lowest BCUT2D eigenvalue weighted by Gasteiger charge is -2.17. The summed E-state index contributed by atoms with van der Waals surface area (Å²) in [6.45, 7) is 1.97. The molecule has 2 N–H and O–H groups in total. The summed E-state index contributed by atoms with van der Waals surface area (Å²) in [5.74, 6) is 0.380. The molecule has 2 rings (SSSR count). The molecule has 2 aromatic carbocycles. The highest BCUT2D eigenvalue weighted by atomic mass is 19.1. The minimum Gasteiger partial charge on any atom is -0.496 e. The van der Waals surface area contributed by atoms with Gasteiger partial charge in [0.25, 0.3) is 0 Å². The average Bonchev–Trinajstić information content (AvgIpc) is 2.38. The third-order valence-electron chi connectivity index (χ3n) is 2.96. The van der Waals surface area contributed by atoms with Crippen LogP contribution in [0.1, 0.15) is 22.7 Å². The number of aryl methyl sites for hydroxylation is 1. The predicted octanol–water partition coefficient (Wildman–Crippen LogP) is 3.19. The Hall–Kier alpha value is -1.87. The first-order valence-electron chi connectivity index (χ1n) is 5.78. The molecular weight excluding hydrogens is 229 g/mol. The van der Waals surface area contributed by atoms with E-state index in [4.69, 9.17) is 10.5 Å². The fourth-order valence-electron chi connectivity index (χ4n) is 1.99. The number of ether oxygens (including phenoxy) is 1. The maximum absolute atomic E-state index is 13.7. The molecule has 2 aromatic rings. The summed E-state index contributed by atoms with van der Waals surface area (Å²) < 4.78 is 19.0. The van der Waals surface area contributed by atoms with E-state index in [1.807, 2.05) is 25.1 Å². The van der Waals surface area contributed by atoms with Crippen LogP contribution in [0.3, 0.4) is 0 Å². The van der Waals surface area contributed by atoms with Gasteiger partial charge in [-0.2, -0.15) is 0 Å². The summed E-state index contributed by atoms with van der Waals surface area (Å²) >= 11 is 0. The second-order valence-corrected chi connectivity index (χ2v) is 4.24. The minimum atomic E-state index is -0.527. The van der Waals surface area contributed by atoms with Gasteiger partial charge in [-0.15, -0.1) is 0 Å². The third kappa shape index (κ3) is 2.36. The zero-order valence-electron chi connectivity index (χ0n) is 10.5. The zero-order valence-corrected chi connectivity index (χ0v) is 10.5. The molecule has 3 heteroatoms. The molecule has 0 bridgehead atoms. The van der Waals surface area contributed by atoms with Gasteiger partial charge in [0, 0.05) is 11.1 Å². The normalized spacial score (nSPS) is 12.2. The molecule has 0 aromatic heterocycles. The SMILES string of the molecule is COc1ccc(C)cc1C(N)c1ccccc1F. The van der Waals surface area contributed by atoms with Gasteiger partial charge >= 0.3 is 0 Å². The Morgan fingerprint density at radius 2 is 1.83 bits per heavy atom. The van der Waals surface area contributed by atoms with Gasteiger partial charge in [0.15, 0.2) is 0 Å². The number of halogens is 1. The summed E-state index contributed by atoms with van der Waals surface area (Å²) in [7, 11) is 1.59. The van der Waals surface area contributed by atoms with Crippen molar-refractivity contribution in [3.05, 3.63) is 65.0 Å². The van der Waals surface area contributed by atoms with E-state index in [1.54, 1.807) is 25.3 Å². The van der Waals surface area contributed by atoms with Gasteiger partial charge in [0.1, 0.15) is 11.6 Å². The maximum atomic E-state index is 13.7. The van der Waals surface area contributed by atoms with Crippen LogP contribution in [-0.2, 0) is 0 Å². The highest BCUT2D eigenvalue weighted by Gasteiger charge is 2.17. The summed E-state index contributed by atoms with van der Waals surface area (Å²) in [4.78, 5) is 0. The molecule has 0 radical (unpaired) electrons. The molecule has 0 spiro atoms. The van der Waals surface area contributed by atoms with E-state index in [-0.39, 0.29) is 5.82 Å². The second kappa shape index (κ2) is 5.19. The lowest BCUT2D eigenvalue weighted by atomic mass is 9.97. The van der Waals surface area contributed by atoms with Crippen LogP contribution in [0.15, 0.2) is 42.5 Å². The van der Waals surface area contributed by atoms with Crippen molar-refractivity contribution in [2.75, 3.05) is 7.11 Å². The van der Waals surface area contributed by atoms with E-state index in [1.165, 1.54) is 6.07 Å². The van der Waals surface area contributed by atoms with E-state index < -0.39 is 6.04 Å². The summed E-state index contributed by atoms with van der Waals surface area (Å²) in [5, 5.41) is 0. The van der Waals surface area contributed by atoms with Crippen molar-refractivity contribution in [1.29, 1.82) is 0 Å². The van der Waals surface area contributed by atoms with Crippen molar-refractivity contribution < 1.29 is 9.13 Å². The summed E-state index contributed by atoms with van der Waals surface area (Å²) in [6, 6.07) is 11.7. The average molecular weight is 245 g/mol. The molecule has 0 fully saturated rings. The van der Waals surface area contributed by atoms with Crippen LogP contribution in [0.2, 0.25) is 0 Å². The quantitative estimate of drug-likeness (QED) is 0.901. The van der Waals surface area contributed by atoms with Crippen molar-refractivity contribution in [2.24, 2.45) is 5.73 Å². The Morgan fingerprint density at radius 3 is 2.50 bits per heavy atom. The Morgan fingerprint density at radius 1 is 1.11 bits per heavy atom. The Balaban J connectivity index is 2.48. The van der Waals surface area contributed by atoms with Crippen LogP contribution in [-0.4, -0.2) is 7.11 Å². The Kier molecular flexibility index (Phi) is 3.63. The number of rotatable bonds is 3. The van der Waals surface area contributed by atoms with Crippen LogP contribution in [0.25, 0.3) is 0 Å². The predicted molar refractivity (Wildman–Crippen MR) is 70.2 cm³/mol. The first kappa shape index (κ1) is 12.6. The van der Waals surface area contributed by atoms with Gasteiger partial charge in [-0.05, 0) is 19.1 Å². The molecule has 0 amide bonds. The van der Waals surface area contributed by atoms with Crippen molar-refractivity contribution in [3.63, 3.8) is 0 Å².